The van der Waals surface area contributed by atoms with Gasteiger partial charge in [-0.15, -0.1) is 11.3 Å². The molecule has 0 aliphatic rings. The number of hydrogen-bond acceptors (Lipinski definition) is 4. The lowest BCUT2D eigenvalue weighted by atomic mass is 10.2. The number of nitrogens with one attached hydrogen (secondary N) is 2. The first-order chi connectivity index (χ1) is 9.58. The van der Waals surface area contributed by atoms with Crippen molar-refractivity contribution in [1.82, 2.24) is 4.98 Å². The number of thiazole rings is 1. The fourth-order valence-corrected chi connectivity index (χ4v) is 2.72. The summed E-state index contributed by atoms with van der Waals surface area (Å²) in [5.74, 6) is 0.0291. The number of aromatic nitrogens is 1. The minimum atomic E-state index is 0.0291. The van der Waals surface area contributed by atoms with Crippen LogP contribution in [0.3, 0.4) is 0 Å². The fraction of sp³-hybridized carbons (Fsp3) is 0.333. The molecule has 4 nitrogen and oxygen atoms in total. The smallest absolute Gasteiger partial charge is 0.224 e. The highest BCUT2D eigenvalue weighted by atomic mass is 32.1. The van der Waals surface area contributed by atoms with Crippen LogP contribution in [0.1, 0.15) is 28.9 Å². The Bertz CT molecular complexity index is 590. The average Bonchev–Trinajstić information content (AvgIpc) is 2.76. The predicted molar refractivity (Wildman–Crippen MR) is 84.3 cm³/mol. The zero-order valence-corrected chi connectivity index (χ0v) is 12.8. The van der Waals surface area contributed by atoms with Crippen LogP contribution in [0, 0.1) is 13.8 Å². The molecular weight excluding hydrogens is 270 g/mol. The molecule has 20 heavy (non-hydrogen) atoms. The van der Waals surface area contributed by atoms with Gasteiger partial charge in [0.05, 0.1) is 17.2 Å². The van der Waals surface area contributed by atoms with Crippen LogP contribution in [0.4, 0.5) is 11.4 Å². The Balaban J connectivity index is 1.94. The van der Waals surface area contributed by atoms with E-state index in [9.17, 15) is 4.79 Å². The van der Waals surface area contributed by atoms with E-state index in [0.717, 1.165) is 28.6 Å². The molecule has 0 aliphatic heterocycles. The second-order valence-electron chi connectivity index (χ2n) is 4.57. The molecule has 2 N–H and O–H groups in total. The third-order valence-electron chi connectivity index (χ3n) is 2.94. The fourth-order valence-electron chi connectivity index (χ4n) is 1.84. The number of carbonyl (C=O) groups is 1. The Kier molecular flexibility index (Phi) is 4.74. The summed E-state index contributed by atoms with van der Waals surface area (Å²) in [6, 6.07) is 7.74. The second-order valence-corrected chi connectivity index (χ2v) is 5.86. The molecule has 0 bridgehead atoms. The lowest BCUT2D eigenvalue weighted by Crippen LogP contribution is -2.09. The number of benzene rings is 1. The van der Waals surface area contributed by atoms with E-state index in [-0.39, 0.29) is 5.91 Å². The van der Waals surface area contributed by atoms with Gasteiger partial charge >= 0.3 is 0 Å². The molecular formula is C15H19N3OS. The van der Waals surface area contributed by atoms with Crippen LogP contribution in [0.25, 0.3) is 0 Å². The third-order valence-corrected chi connectivity index (χ3v) is 4.02. The number of nitrogens with zero attached hydrogens (tertiary/aromatic N) is 1. The summed E-state index contributed by atoms with van der Waals surface area (Å²) >= 11 is 1.72. The Morgan fingerprint density at radius 3 is 2.40 bits per heavy atom. The summed E-state index contributed by atoms with van der Waals surface area (Å²) in [6.45, 7) is 6.67. The molecule has 0 saturated carbocycles. The summed E-state index contributed by atoms with van der Waals surface area (Å²) in [4.78, 5) is 17.0. The van der Waals surface area contributed by atoms with Gasteiger partial charge in [-0.2, -0.15) is 0 Å². The highest BCUT2D eigenvalue weighted by Crippen LogP contribution is 2.20. The van der Waals surface area contributed by atoms with E-state index < -0.39 is 0 Å². The van der Waals surface area contributed by atoms with Gasteiger partial charge in [-0.25, -0.2) is 4.98 Å². The maximum Gasteiger partial charge on any atom is 0.224 e. The summed E-state index contributed by atoms with van der Waals surface area (Å²) in [5.41, 5.74) is 2.95. The van der Waals surface area contributed by atoms with Crippen molar-refractivity contribution < 1.29 is 4.79 Å². The van der Waals surface area contributed by atoms with Gasteiger partial charge < -0.3 is 10.6 Å². The van der Waals surface area contributed by atoms with Crippen molar-refractivity contribution in [1.29, 1.82) is 0 Å². The Hall–Kier alpha value is -1.88. The first-order valence-electron chi connectivity index (χ1n) is 6.65. The maximum absolute atomic E-state index is 11.3. The van der Waals surface area contributed by atoms with Crippen molar-refractivity contribution in [3.63, 3.8) is 0 Å². The summed E-state index contributed by atoms with van der Waals surface area (Å²) < 4.78 is 0. The zero-order chi connectivity index (χ0) is 14.5. The van der Waals surface area contributed by atoms with Gasteiger partial charge in [0, 0.05) is 22.7 Å². The van der Waals surface area contributed by atoms with Crippen LogP contribution in [-0.4, -0.2) is 10.9 Å². The molecule has 0 unspecified atom stereocenters. The predicted octanol–water partition coefficient (Wildman–Crippen LogP) is 3.72. The quantitative estimate of drug-likeness (QED) is 0.882. The van der Waals surface area contributed by atoms with Gasteiger partial charge in [0.25, 0.3) is 0 Å². The molecule has 0 saturated heterocycles. The van der Waals surface area contributed by atoms with Crippen molar-refractivity contribution in [3.05, 3.63) is 39.8 Å². The maximum atomic E-state index is 11.3. The largest absolute Gasteiger partial charge is 0.380 e. The summed E-state index contributed by atoms with van der Waals surface area (Å²) in [7, 11) is 0. The molecule has 1 aromatic carbocycles. The topological polar surface area (TPSA) is 54.0 Å². The molecule has 0 fully saturated rings. The molecule has 0 atom stereocenters. The van der Waals surface area contributed by atoms with E-state index in [1.807, 2.05) is 45.0 Å². The molecule has 1 aromatic heterocycles. The van der Waals surface area contributed by atoms with Gasteiger partial charge in [-0.05, 0) is 38.1 Å². The van der Waals surface area contributed by atoms with Gasteiger partial charge in [0.2, 0.25) is 5.91 Å². The van der Waals surface area contributed by atoms with E-state index in [4.69, 9.17) is 0 Å². The first-order valence-corrected chi connectivity index (χ1v) is 7.47. The molecule has 0 radical (unpaired) electrons. The second kappa shape index (κ2) is 6.52. The molecule has 0 spiro atoms. The number of rotatable bonds is 5. The molecule has 5 heteroatoms. The Labute approximate surface area is 123 Å². The van der Waals surface area contributed by atoms with E-state index in [0.29, 0.717) is 6.42 Å². The lowest BCUT2D eigenvalue weighted by Gasteiger charge is -2.07. The van der Waals surface area contributed by atoms with Crippen molar-refractivity contribution in [2.45, 2.75) is 33.7 Å². The van der Waals surface area contributed by atoms with E-state index >= 15 is 0 Å². The molecule has 1 amide bonds. The highest BCUT2D eigenvalue weighted by Gasteiger charge is 2.04. The number of amides is 1. The van der Waals surface area contributed by atoms with E-state index in [2.05, 4.69) is 15.6 Å². The van der Waals surface area contributed by atoms with Crippen LogP contribution in [0.2, 0.25) is 0 Å². The molecule has 2 aromatic rings. The summed E-state index contributed by atoms with van der Waals surface area (Å²) in [5, 5.41) is 7.29. The van der Waals surface area contributed by atoms with Crippen LogP contribution < -0.4 is 10.6 Å². The molecule has 106 valence electrons. The standard InChI is InChI=1S/C15H19N3OS/c1-4-15(19)18-13-7-5-12(6-8-13)16-9-14-10(2)17-11(3)20-14/h5-8,16H,4,9H2,1-3H3,(H,18,19). The molecule has 2 rings (SSSR count). The number of hydrogen-bond donors (Lipinski definition) is 2. The van der Waals surface area contributed by atoms with Crippen molar-refractivity contribution in [2.24, 2.45) is 0 Å². The Morgan fingerprint density at radius 2 is 1.85 bits per heavy atom. The van der Waals surface area contributed by atoms with Gasteiger partial charge in [-0.3, -0.25) is 4.79 Å². The zero-order valence-electron chi connectivity index (χ0n) is 12.0. The third kappa shape index (κ3) is 3.81. The average molecular weight is 289 g/mol. The highest BCUT2D eigenvalue weighted by molar-refractivity contribution is 7.11. The number of carbonyl (C=O) groups excluding carboxylic acids is 1. The minimum Gasteiger partial charge on any atom is -0.380 e. The molecule has 1 heterocycles. The number of aryl methyl sites for hydroxylation is 2. The summed E-state index contributed by atoms with van der Waals surface area (Å²) in [6.07, 6.45) is 0.490. The van der Waals surface area contributed by atoms with Crippen molar-refractivity contribution >= 4 is 28.6 Å². The van der Waals surface area contributed by atoms with Crippen LogP contribution in [0.5, 0.6) is 0 Å². The van der Waals surface area contributed by atoms with Crippen molar-refractivity contribution in [3.8, 4) is 0 Å². The van der Waals surface area contributed by atoms with Gasteiger partial charge in [0.1, 0.15) is 0 Å². The lowest BCUT2D eigenvalue weighted by molar-refractivity contribution is -0.115. The monoisotopic (exact) mass is 289 g/mol. The van der Waals surface area contributed by atoms with Crippen LogP contribution >= 0.6 is 11.3 Å². The normalized spacial score (nSPS) is 10.3. The number of anilines is 2. The Morgan fingerprint density at radius 1 is 1.20 bits per heavy atom. The van der Waals surface area contributed by atoms with Crippen LogP contribution in [0.15, 0.2) is 24.3 Å². The molecule has 0 aliphatic carbocycles. The minimum absolute atomic E-state index is 0.0291. The first kappa shape index (κ1) is 14.5. The van der Waals surface area contributed by atoms with Crippen LogP contribution in [-0.2, 0) is 11.3 Å². The van der Waals surface area contributed by atoms with E-state index in [1.165, 1.54) is 4.88 Å². The van der Waals surface area contributed by atoms with E-state index in [1.54, 1.807) is 11.3 Å². The van der Waals surface area contributed by atoms with Crippen molar-refractivity contribution in [2.75, 3.05) is 10.6 Å². The SMILES string of the molecule is CCC(=O)Nc1ccc(NCc2sc(C)nc2C)cc1. The van der Waals surface area contributed by atoms with Gasteiger partial charge in [0.15, 0.2) is 0 Å². The van der Waals surface area contributed by atoms with Gasteiger partial charge in [-0.1, -0.05) is 6.92 Å².